The number of rotatable bonds is 5. The minimum absolute atomic E-state index is 0.127. The van der Waals surface area contributed by atoms with E-state index < -0.39 is 0 Å². The molecule has 2 aliphatic heterocycles. The first-order valence-corrected chi connectivity index (χ1v) is 8.85. The topological polar surface area (TPSA) is 57.5 Å². The number of para-hydroxylation sites is 1. The summed E-state index contributed by atoms with van der Waals surface area (Å²) in [6, 6.07) is 6.04. The van der Waals surface area contributed by atoms with Gasteiger partial charge in [0.25, 0.3) is 0 Å². The molecule has 0 saturated carbocycles. The summed E-state index contributed by atoms with van der Waals surface area (Å²) >= 11 is 0. The normalized spacial score (nSPS) is 21.9. The highest BCUT2D eigenvalue weighted by Crippen LogP contribution is 2.38. The van der Waals surface area contributed by atoms with Crippen LogP contribution in [-0.2, 0) is 18.3 Å². The molecule has 2 aliphatic rings. The van der Waals surface area contributed by atoms with Crippen molar-refractivity contribution in [1.82, 2.24) is 15.1 Å². The molecule has 2 aromatic rings. The van der Waals surface area contributed by atoms with Crippen molar-refractivity contribution in [1.29, 1.82) is 0 Å². The summed E-state index contributed by atoms with van der Waals surface area (Å²) < 4.78 is 19.0. The summed E-state index contributed by atoms with van der Waals surface area (Å²) in [5.41, 5.74) is 4.66. The van der Waals surface area contributed by atoms with Crippen molar-refractivity contribution in [3.8, 4) is 11.5 Å². The van der Waals surface area contributed by atoms with E-state index in [9.17, 15) is 0 Å². The lowest BCUT2D eigenvalue weighted by atomic mass is 9.94. The van der Waals surface area contributed by atoms with Crippen LogP contribution in [0.2, 0.25) is 0 Å². The Morgan fingerprint density at radius 2 is 2.16 bits per heavy atom. The summed E-state index contributed by atoms with van der Waals surface area (Å²) in [4.78, 5) is 0. The summed E-state index contributed by atoms with van der Waals surface area (Å²) in [5.74, 6) is 2.16. The van der Waals surface area contributed by atoms with Gasteiger partial charge in [-0.2, -0.15) is 5.10 Å². The zero-order chi connectivity index (χ0) is 17.4. The van der Waals surface area contributed by atoms with Crippen LogP contribution >= 0.6 is 0 Å². The van der Waals surface area contributed by atoms with E-state index >= 15 is 0 Å². The second-order valence-corrected chi connectivity index (χ2v) is 6.83. The van der Waals surface area contributed by atoms with Gasteiger partial charge in [-0.1, -0.05) is 12.1 Å². The third-order valence-corrected chi connectivity index (χ3v) is 5.26. The highest BCUT2D eigenvalue weighted by atomic mass is 16.7. The van der Waals surface area contributed by atoms with E-state index in [-0.39, 0.29) is 6.10 Å². The second kappa shape index (κ2) is 6.69. The van der Waals surface area contributed by atoms with Crippen molar-refractivity contribution in [2.45, 2.75) is 32.9 Å². The van der Waals surface area contributed by atoms with Gasteiger partial charge in [0.1, 0.15) is 0 Å². The fourth-order valence-corrected chi connectivity index (χ4v) is 3.89. The number of benzene rings is 1. The predicted molar refractivity (Wildman–Crippen MR) is 93.8 cm³/mol. The number of nitrogens with zero attached hydrogens (tertiary/aromatic N) is 2. The molecule has 3 heterocycles. The molecule has 1 aromatic heterocycles. The first-order valence-electron chi connectivity index (χ1n) is 8.85. The minimum Gasteiger partial charge on any atom is -0.454 e. The highest BCUT2D eigenvalue weighted by Gasteiger charge is 2.33. The molecule has 1 saturated heterocycles. The Morgan fingerprint density at radius 1 is 1.28 bits per heavy atom. The van der Waals surface area contributed by atoms with E-state index in [0.29, 0.717) is 12.7 Å². The maximum absolute atomic E-state index is 6.07. The Hall–Kier alpha value is -2.05. The van der Waals surface area contributed by atoms with Crippen molar-refractivity contribution in [3.05, 3.63) is 40.7 Å². The quantitative estimate of drug-likeness (QED) is 0.904. The van der Waals surface area contributed by atoms with Gasteiger partial charge in [0, 0.05) is 49.5 Å². The van der Waals surface area contributed by atoms with Crippen LogP contribution in [0, 0.1) is 19.8 Å². The van der Waals surface area contributed by atoms with E-state index in [1.807, 2.05) is 23.9 Å². The molecular formula is C19H25N3O3. The molecule has 1 aromatic carbocycles. The van der Waals surface area contributed by atoms with E-state index in [4.69, 9.17) is 14.2 Å². The average molecular weight is 343 g/mol. The van der Waals surface area contributed by atoms with E-state index in [2.05, 4.69) is 30.3 Å². The fourth-order valence-electron chi connectivity index (χ4n) is 3.89. The standard InChI is InChI=1S/C19H25N3O3/c1-12-17(13(2)22(3)21-12)19-15(7-8-23-19)10-20-9-14-5-4-6-16-18(14)25-11-24-16/h4-6,15,19-20H,7-11H2,1-3H3/t15-,19+/m1/s1. The zero-order valence-corrected chi connectivity index (χ0v) is 15.0. The van der Waals surface area contributed by atoms with Crippen molar-refractivity contribution in [3.63, 3.8) is 0 Å². The molecule has 0 bridgehead atoms. The van der Waals surface area contributed by atoms with Crippen LogP contribution in [0.5, 0.6) is 11.5 Å². The molecule has 25 heavy (non-hydrogen) atoms. The summed E-state index contributed by atoms with van der Waals surface area (Å²) in [7, 11) is 1.99. The first kappa shape index (κ1) is 16.4. The molecule has 6 heteroatoms. The van der Waals surface area contributed by atoms with E-state index in [1.54, 1.807) is 0 Å². The van der Waals surface area contributed by atoms with Crippen LogP contribution in [0.15, 0.2) is 18.2 Å². The lowest BCUT2D eigenvalue weighted by Crippen LogP contribution is -2.25. The molecule has 1 N–H and O–H groups in total. The maximum atomic E-state index is 6.07. The smallest absolute Gasteiger partial charge is 0.231 e. The van der Waals surface area contributed by atoms with Gasteiger partial charge in [0.2, 0.25) is 6.79 Å². The van der Waals surface area contributed by atoms with Crippen LogP contribution in [0.25, 0.3) is 0 Å². The van der Waals surface area contributed by atoms with Gasteiger partial charge >= 0.3 is 0 Å². The van der Waals surface area contributed by atoms with Gasteiger partial charge in [-0.3, -0.25) is 4.68 Å². The van der Waals surface area contributed by atoms with E-state index in [0.717, 1.165) is 48.9 Å². The Kier molecular flexibility index (Phi) is 4.39. The lowest BCUT2D eigenvalue weighted by molar-refractivity contribution is 0.0893. The molecule has 1 fully saturated rings. The highest BCUT2D eigenvalue weighted by molar-refractivity contribution is 5.48. The molecular weight excluding hydrogens is 318 g/mol. The lowest BCUT2D eigenvalue weighted by Gasteiger charge is -2.20. The average Bonchev–Trinajstić information content (AvgIpc) is 3.29. The Bertz CT molecular complexity index is 772. The Balaban J connectivity index is 1.42. The maximum Gasteiger partial charge on any atom is 0.231 e. The van der Waals surface area contributed by atoms with Crippen LogP contribution in [0.4, 0.5) is 0 Å². The predicted octanol–water partition coefficient (Wildman–Crippen LogP) is 2.63. The molecule has 0 spiro atoms. The van der Waals surface area contributed by atoms with Crippen molar-refractivity contribution in [2.75, 3.05) is 19.9 Å². The van der Waals surface area contributed by atoms with Crippen LogP contribution < -0.4 is 14.8 Å². The largest absolute Gasteiger partial charge is 0.454 e. The van der Waals surface area contributed by atoms with Crippen LogP contribution in [0.1, 0.15) is 35.0 Å². The van der Waals surface area contributed by atoms with E-state index in [1.165, 1.54) is 11.3 Å². The number of ether oxygens (including phenoxy) is 3. The van der Waals surface area contributed by atoms with Crippen LogP contribution in [-0.4, -0.2) is 29.7 Å². The van der Waals surface area contributed by atoms with Crippen molar-refractivity contribution >= 4 is 0 Å². The molecule has 6 nitrogen and oxygen atoms in total. The summed E-state index contributed by atoms with van der Waals surface area (Å²) in [6.07, 6.45) is 1.19. The molecule has 0 amide bonds. The fraction of sp³-hybridized carbons (Fsp3) is 0.526. The van der Waals surface area contributed by atoms with Gasteiger partial charge in [0.15, 0.2) is 11.5 Å². The third kappa shape index (κ3) is 3.00. The number of hydrogen-bond donors (Lipinski definition) is 1. The molecule has 0 aliphatic carbocycles. The first-order chi connectivity index (χ1) is 12.1. The Morgan fingerprint density at radius 3 is 2.96 bits per heavy atom. The Labute approximate surface area is 148 Å². The summed E-state index contributed by atoms with van der Waals surface area (Å²) in [5, 5.41) is 8.12. The number of hydrogen-bond acceptors (Lipinski definition) is 5. The van der Waals surface area contributed by atoms with Crippen LogP contribution in [0.3, 0.4) is 0 Å². The van der Waals surface area contributed by atoms with Gasteiger partial charge in [-0.15, -0.1) is 0 Å². The number of aromatic nitrogens is 2. The van der Waals surface area contributed by atoms with Crippen molar-refractivity contribution < 1.29 is 14.2 Å². The number of aryl methyl sites for hydroxylation is 2. The van der Waals surface area contributed by atoms with Gasteiger partial charge < -0.3 is 19.5 Å². The monoisotopic (exact) mass is 343 g/mol. The van der Waals surface area contributed by atoms with Gasteiger partial charge in [-0.05, 0) is 26.3 Å². The molecule has 4 rings (SSSR count). The molecule has 0 unspecified atom stereocenters. The summed E-state index contributed by atoms with van der Waals surface area (Å²) in [6.45, 7) is 6.97. The van der Waals surface area contributed by atoms with Gasteiger partial charge in [-0.25, -0.2) is 0 Å². The minimum atomic E-state index is 0.127. The zero-order valence-electron chi connectivity index (χ0n) is 15.0. The SMILES string of the molecule is Cc1nn(C)c(C)c1[C@H]1OCC[C@@H]1CNCc1cccc2c1OCO2. The number of fused-ring (bicyclic) bond motifs is 1. The van der Waals surface area contributed by atoms with Gasteiger partial charge in [0.05, 0.1) is 11.8 Å². The van der Waals surface area contributed by atoms with Crippen molar-refractivity contribution in [2.24, 2.45) is 13.0 Å². The molecule has 2 atom stereocenters. The molecule has 0 radical (unpaired) electrons. The number of nitrogens with one attached hydrogen (secondary N) is 1. The molecule has 134 valence electrons. The second-order valence-electron chi connectivity index (χ2n) is 6.83. The third-order valence-electron chi connectivity index (χ3n) is 5.26.